The molecule has 0 aromatic heterocycles. The average molecular weight is 339 g/mol. The first-order valence-electron chi connectivity index (χ1n) is 6.46. The summed E-state index contributed by atoms with van der Waals surface area (Å²) in [4.78, 5) is 0. The van der Waals surface area contributed by atoms with Gasteiger partial charge >= 0.3 is 0 Å². The molecule has 0 heterocycles. The van der Waals surface area contributed by atoms with Crippen molar-refractivity contribution in [3.8, 4) is 5.75 Å². The van der Waals surface area contributed by atoms with Crippen LogP contribution in [0.25, 0.3) is 0 Å². The summed E-state index contributed by atoms with van der Waals surface area (Å²) in [5.41, 5.74) is 1.21. The van der Waals surface area contributed by atoms with Crippen LogP contribution in [0.3, 0.4) is 0 Å². The Kier molecular flexibility index (Phi) is 5.15. The van der Waals surface area contributed by atoms with Crippen LogP contribution in [-0.4, -0.2) is 5.11 Å². The van der Waals surface area contributed by atoms with Crippen molar-refractivity contribution in [2.45, 2.75) is 26.1 Å². The molecule has 2 nitrogen and oxygen atoms in total. The van der Waals surface area contributed by atoms with Crippen LogP contribution >= 0.6 is 15.9 Å². The largest absolute Gasteiger partial charge is 0.486 e. The molecule has 106 valence electrons. The van der Waals surface area contributed by atoms with E-state index in [1.165, 1.54) is 0 Å². The summed E-state index contributed by atoms with van der Waals surface area (Å²) in [6.07, 6.45) is -0.401. The fourth-order valence-electron chi connectivity index (χ4n) is 1.91. The fraction of sp³-hybridized carbons (Fsp3) is 0.250. The van der Waals surface area contributed by atoms with Crippen molar-refractivity contribution in [1.82, 2.24) is 0 Å². The molecule has 0 aliphatic carbocycles. The van der Waals surface area contributed by atoms with Gasteiger partial charge in [-0.1, -0.05) is 53.2 Å². The Balaban J connectivity index is 2.20. The predicted molar refractivity (Wildman–Crippen MR) is 80.1 cm³/mol. The van der Waals surface area contributed by atoms with Crippen LogP contribution in [0.4, 0.5) is 4.39 Å². The molecule has 1 unspecified atom stereocenters. The lowest BCUT2D eigenvalue weighted by molar-refractivity contribution is 0.166. The lowest BCUT2D eigenvalue weighted by Gasteiger charge is -2.15. The van der Waals surface area contributed by atoms with Gasteiger partial charge in [0.2, 0.25) is 0 Å². The molecular formula is C16H16BrFO2. The molecule has 0 bridgehead atoms. The summed E-state index contributed by atoms with van der Waals surface area (Å²) >= 11 is 3.26. The van der Waals surface area contributed by atoms with Crippen molar-refractivity contribution in [1.29, 1.82) is 0 Å². The molecule has 2 rings (SSSR count). The number of rotatable bonds is 5. The second-order valence-electron chi connectivity index (χ2n) is 4.47. The van der Waals surface area contributed by atoms with Gasteiger partial charge in [0.1, 0.15) is 6.61 Å². The molecule has 0 aliphatic heterocycles. The maximum atomic E-state index is 14.4. The number of benzene rings is 2. The van der Waals surface area contributed by atoms with Crippen molar-refractivity contribution in [3.05, 3.63) is 63.9 Å². The van der Waals surface area contributed by atoms with Crippen LogP contribution < -0.4 is 4.74 Å². The van der Waals surface area contributed by atoms with Crippen molar-refractivity contribution in [2.75, 3.05) is 0 Å². The SMILES string of the molecule is CCC(O)c1c(Br)ccc(OCc2ccccc2)c1F. The number of hydrogen-bond donors (Lipinski definition) is 1. The second kappa shape index (κ2) is 6.86. The zero-order chi connectivity index (χ0) is 14.5. The van der Waals surface area contributed by atoms with E-state index in [0.29, 0.717) is 17.5 Å². The van der Waals surface area contributed by atoms with Crippen LogP contribution in [0.15, 0.2) is 46.9 Å². The quantitative estimate of drug-likeness (QED) is 0.862. The molecule has 0 fully saturated rings. The van der Waals surface area contributed by atoms with E-state index < -0.39 is 11.9 Å². The molecule has 0 spiro atoms. The average Bonchev–Trinajstić information content (AvgIpc) is 2.47. The first-order chi connectivity index (χ1) is 9.63. The van der Waals surface area contributed by atoms with Gasteiger partial charge in [-0.15, -0.1) is 0 Å². The second-order valence-corrected chi connectivity index (χ2v) is 5.33. The Hall–Kier alpha value is -1.39. The van der Waals surface area contributed by atoms with Crippen LogP contribution in [-0.2, 0) is 6.61 Å². The highest BCUT2D eigenvalue weighted by Crippen LogP contribution is 2.33. The lowest BCUT2D eigenvalue weighted by Crippen LogP contribution is -2.04. The zero-order valence-electron chi connectivity index (χ0n) is 11.1. The standard InChI is InChI=1S/C16H16BrFO2/c1-2-13(19)15-12(17)8-9-14(16(15)18)20-10-11-6-4-3-5-7-11/h3-9,13,19H,2,10H2,1H3. The highest BCUT2D eigenvalue weighted by atomic mass is 79.9. The van der Waals surface area contributed by atoms with E-state index >= 15 is 0 Å². The van der Waals surface area contributed by atoms with E-state index in [4.69, 9.17) is 4.74 Å². The Bertz CT molecular complexity index is 572. The molecule has 1 atom stereocenters. The first kappa shape index (κ1) is 15.0. The van der Waals surface area contributed by atoms with Gasteiger partial charge in [0.25, 0.3) is 0 Å². The first-order valence-corrected chi connectivity index (χ1v) is 7.25. The van der Waals surface area contributed by atoms with Crippen molar-refractivity contribution >= 4 is 15.9 Å². The van der Waals surface area contributed by atoms with Crippen molar-refractivity contribution < 1.29 is 14.2 Å². The Morgan fingerprint density at radius 1 is 1.20 bits per heavy atom. The summed E-state index contributed by atoms with van der Waals surface area (Å²) in [5, 5.41) is 9.88. The Morgan fingerprint density at radius 2 is 1.90 bits per heavy atom. The number of halogens is 2. The van der Waals surface area contributed by atoms with Crippen LogP contribution in [0.1, 0.15) is 30.6 Å². The van der Waals surface area contributed by atoms with Crippen molar-refractivity contribution in [3.63, 3.8) is 0 Å². The maximum absolute atomic E-state index is 14.4. The number of aliphatic hydroxyl groups excluding tert-OH is 1. The van der Waals surface area contributed by atoms with E-state index in [0.717, 1.165) is 5.56 Å². The van der Waals surface area contributed by atoms with Crippen LogP contribution in [0.5, 0.6) is 5.75 Å². The molecule has 4 heteroatoms. The highest BCUT2D eigenvalue weighted by Gasteiger charge is 2.19. The topological polar surface area (TPSA) is 29.5 Å². The number of aliphatic hydroxyl groups is 1. The molecule has 2 aromatic rings. The third-order valence-electron chi connectivity index (χ3n) is 3.05. The fourth-order valence-corrected chi connectivity index (χ4v) is 2.48. The number of hydrogen-bond acceptors (Lipinski definition) is 2. The molecule has 2 aromatic carbocycles. The maximum Gasteiger partial charge on any atom is 0.171 e. The normalized spacial score (nSPS) is 12.2. The van der Waals surface area contributed by atoms with Gasteiger partial charge < -0.3 is 9.84 Å². The van der Waals surface area contributed by atoms with E-state index in [-0.39, 0.29) is 11.3 Å². The van der Waals surface area contributed by atoms with Crippen molar-refractivity contribution in [2.24, 2.45) is 0 Å². The van der Waals surface area contributed by atoms with Gasteiger partial charge in [-0.3, -0.25) is 0 Å². The predicted octanol–water partition coefficient (Wildman–Crippen LogP) is 4.61. The molecule has 1 N–H and O–H groups in total. The van der Waals surface area contributed by atoms with Crippen LogP contribution in [0, 0.1) is 5.82 Å². The molecule has 0 saturated carbocycles. The monoisotopic (exact) mass is 338 g/mol. The van der Waals surface area contributed by atoms with E-state index in [1.54, 1.807) is 19.1 Å². The third-order valence-corrected chi connectivity index (χ3v) is 3.74. The van der Waals surface area contributed by atoms with Crippen LogP contribution in [0.2, 0.25) is 0 Å². The van der Waals surface area contributed by atoms with E-state index in [1.807, 2.05) is 30.3 Å². The molecule has 0 amide bonds. The Labute approximate surface area is 126 Å². The minimum atomic E-state index is -0.843. The zero-order valence-corrected chi connectivity index (χ0v) is 12.7. The minimum absolute atomic E-state index is 0.152. The van der Waals surface area contributed by atoms with Gasteiger partial charge in [0, 0.05) is 10.0 Å². The van der Waals surface area contributed by atoms with E-state index in [9.17, 15) is 9.50 Å². The molecular weight excluding hydrogens is 323 g/mol. The summed E-state index contributed by atoms with van der Waals surface area (Å²) in [7, 11) is 0. The summed E-state index contributed by atoms with van der Waals surface area (Å²) < 4.78 is 20.4. The summed E-state index contributed by atoms with van der Waals surface area (Å²) in [6, 6.07) is 12.8. The minimum Gasteiger partial charge on any atom is -0.486 e. The number of ether oxygens (including phenoxy) is 1. The van der Waals surface area contributed by atoms with Gasteiger partial charge in [-0.05, 0) is 24.1 Å². The molecule has 0 saturated heterocycles. The van der Waals surface area contributed by atoms with E-state index in [2.05, 4.69) is 15.9 Å². The van der Waals surface area contributed by atoms with Gasteiger partial charge in [-0.25, -0.2) is 4.39 Å². The van der Waals surface area contributed by atoms with Gasteiger partial charge in [0.15, 0.2) is 11.6 Å². The highest BCUT2D eigenvalue weighted by molar-refractivity contribution is 9.10. The lowest BCUT2D eigenvalue weighted by atomic mass is 10.1. The van der Waals surface area contributed by atoms with Gasteiger partial charge in [-0.2, -0.15) is 0 Å². The molecule has 0 aliphatic rings. The van der Waals surface area contributed by atoms with Gasteiger partial charge in [0.05, 0.1) is 6.10 Å². The molecule has 20 heavy (non-hydrogen) atoms. The summed E-state index contributed by atoms with van der Waals surface area (Å²) in [5.74, 6) is -0.357. The third kappa shape index (κ3) is 3.38. The smallest absolute Gasteiger partial charge is 0.171 e. The Morgan fingerprint density at radius 3 is 2.55 bits per heavy atom. The molecule has 0 radical (unpaired) electrons. The summed E-state index contributed by atoms with van der Waals surface area (Å²) in [6.45, 7) is 2.09.